The van der Waals surface area contributed by atoms with Gasteiger partial charge in [-0.25, -0.2) is 0 Å². The minimum absolute atomic E-state index is 0.883. The van der Waals surface area contributed by atoms with Gasteiger partial charge in [-0.2, -0.15) is 0 Å². The first-order valence-corrected chi connectivity index (χ1v) is 3.99. The third kappa shape index (κ3) is 1.85. The second kappa shape index (κ2) is 3.05. The van der Waals surface area contributed by atoms with E-state index in [0.29, 0.717) is 0 Å². The number of allylic oxidation sites excluding steroid dienone is 2. The largest absolute Gasteiger partial charge is 0.0880 e. The highest BCUT2D eigenvalue weighted by Crippen LogP contribution is 2.24. The molecule has 1 aliphatic rings. The molecule has 0 saturated carbocycles. The van der Waals surface area contributed by atoms with Crippen molar-refractivity contribution >= 4 is 0 Å². The molecule has 0 heteroatoms. The summed E-state index contributed by atoms with van der Waals surface area (Å²) in [4.78, 5) is 0. The molecule has 2 unspecified atom stereocenters. The molecular weight excluding hydrogens is 108 g/mol. The van der Waals surface area contributed by atoms with Gasteiger partial charge in [0.25, 0.3) is 0 Å². The van der Waals surface area contributed by atoms with Gasteiger partial charge in [-0.15, -0.1) is 0 Å². The van der Waals surface area contributed by atoms with Crippen molar-refractivity contribution in [3.8, 4) is 0 Å². The van der Waals surface area contributed by atoms with Crippen molar-refractivity contribution in [3.05, 3.63) is 12.2 Å². The molecule has 0 N–H and O–H groups in total. The van der Waals surface area contributed by atoms with Gasteiger partial charge in [-0.05, 0) is 31.1 Å². The Bertz CT molecular complexity index is 103. The molecule has 1 rings (SSSR count). The molecule has 0 spiro atoms. The number of rotatable bonds is 1. The maximum absolute atomic E-state index is 2.38. The Morgan fingerprint density at radius 2 is 2.33 bits per heavy atom. The van der Waals surface area contributed by atoms with E-state index in [1.54, 1.807) is 0 Å². The van der Waals surface area contributed by atoms with Gasteiger partial charge in [0.05, 0.1) is 0 Å². The summed E-state index contributed by atoms with van der Waals surface area (Å²) in [5.74, 6) is 1.81. The quantitative estimate of drug-likeness (QED) is 0.471. The zero-order chi connectivity index (χ0) is 6.69. The van der Waals surface area contributed by atoms with Crippen molar-refractivity contribution in [2.75, 3.05) is 0 Å². The minimum Gasteiger partial charge on any atom is -0.0880 e. The van der Waals surface area contributed by atoms with Gasteiger partial charge >= 0.3 is 0 Å². The lowest BCUT2D eigenvalue weighted by Crippen LogP contribution is -2.06. The van der Waals surface area contributed by atoms with Gasteiger partial charge in [0.2, 0.25) is 0 Å². The molecule has 0 fully saturated rings. The maximum atomic E-state index is 2.38. The highest BCUT2D eigenvalue weighted by Gasteiger charge is 2.11. The maximum Gasteiger partial charge on any atom is -0.0233 e. The van der Waals surface area contributed by atoms with Crippen LogP contribution in [0.1, 0.15) is 33.1 Å². The molecule has 2 atom stereocenters. The third-order valence-corrected chi connectivity index (χ3v) is 2.18. The number of hydrogen-bond donors (Lipinski definition) is 0. The Morgan fingerprint density at radius 3 is 2.78 bits per heavy atom. The summed E-state index contributed by atoms with van der Waals surface area (Å²) in [5.41, 5.74) is 0. The van der Waals surface area contributed by atoms with Crippen LogP contribution < -0.4 is 0 Å². The zero-order valence-electron chi connectivity index (χ0n) is 6.43. The molecule has 0 radical (unpaired) electrons. The van der Waals surface area contributed by atoms with Crippen LogP contribution in [0.25, 0.3) is 0 Å². The van der Waals surface area contributed by atoms with E-state index in [4.69, 9.17) is 0 Å². The summed E-state index contributed by atoms with van der Waals surface area (Å²) in [7, 11) is 0. The van der Waals surface area contributed by atoms with Gasteiger partial charge in [-0.1, -0.05) is 26.0 Å². The highest BCUT2D eigenvalue weighted by molar-refractivity contribution is 4.94. The average Bonchev–Trinajstić information content (AvgIpc) is 1.88. The molecule has 0 saturated heterocycles. The second-order valence-corrected chi connectivity index (χ2v) is 3.17. The summed E-state index contributed by atoms with van der Waals surface area (Å²) in [6.45, 7) is 4.61. The lowest BCUT2D eigenvalue weighted by Gasteiger charge is -2.19. The van der Waals surface area contributed by atoms with Crippen LogP contribution in [0, 0.1) is 11.8 Å². The normalized spacial score (nSPS) is 34.9. The van der Waals surface area contributed by atoms with Gasteiger partial charge < -0.3 is 0 Å². The van der Waals surface area contributed by atoms with Gasteiger partial charge in [0.1, 0.15) is 0 Å². The molecule has 0 bridgehead atoms. The molecule has 52 valence electrons. The molecule has 0 aromatic heterocycles. The van der Waals surface area contributed by atoms with Gasteiger partial charge in [-0.3, -0.25) is 0 Å². The highest BCUT2D eigenvalue weighted by atomic mass is 14.2. The fourth-order valence-electron chi connectivity index (χ4n) is 1.50. The van der Waals surface area contributed by atoms with E-state index < -0.39 is 0 Å². The molecule has 9 heavy (non-hydrogen) atoms. The molecule has 0 aromatic carbocycles. The van der Waals surface area contributed by atoms with Crippen LogP contribution in [0.5, 0.6) is 0 Å². The van der Waals surface area contributed by atoms with Crippen molar-refractivity contribution in [2.24, 2.45) is 11.8 Å². The van der Waals surface area contributed by atoms with Gasteiger partial charge in [0.15, 0.2) is 0 Å². The Kier molecular flexibility index (Phi) is 2.32. The molecule has 0 nitrogen and oxygen atoms in total. The monoisotopic (exact) mass is 124 g/mol. The fraction of sp³-hybridized carbons (Fsp3) is 0.778. The van der Waals surface area contributed by atoms with Crippen LogP contribution in [0.2, 0.25) is 0 Å². The lowest BCUT2D eigenvalue weighted by molar-refractivity contribution is 0.419. The Hall–Kier alpha value is -0.260. The Morgan fingerprint density at radius 1 is 1.56 bits per heavy atom. The lowest BCUT2D eigenvalue weighted by atomic mass is 9.87. The smallest absolute Gasteiger partial charge is 0.0233 e. The van der Waals surface area contributed by atoms with E-state index in [-0.39, 0.29) is 0 Å². The van der Waals surface area contributed by atoms with Crippen LogP contribution in [-0.4, -0.2) is 0 Å². The number of hydrogen-bond acceptors (Lipinski definition) is 0. The Balaban J connectivity index is 2.39. The molecule has 1 aliphatic carbocycles. The minimum atomic E-state index is 0.883. The second-order valence-electron chi connectivity index (χ2n) is 3.17. The molecular formula is C9H16. The van der Waals surface area contributed by atoms with E-state index >= 15 is 0 Å². The summed E-state index contributed by atoms with van der Waals surface area (Å²) < 4.78 is 0. The first-order valence-electron chi connectivity index (χ1n) is 3.99. The van der Waals surface area contributed by atoms with E-state index in [0.717, 1.165) is 11.8 Å². The zero-order valence-corrected chi connectivity index (χ0v) is 6.43. The Labute approximate surface area is 58.0 Å². The van der Waals surface area contributed by atoms with E-state index in [2.05, 4.69) is 26.0 Å². The van der Waals surface area contributed by atoms with Crippen LogP contribution in [0.3, 0.4) is 0 Å². The first kappa shape index (κ1) is 6.85. The standard InChI is InChI=1S/C9H16/c1-3-9-6-4-5-8(2)7-9/h4,6,8-9H,3,5,7H2,1-2H3. The van der Waals surface area contributed by atoms with Crippen LogP contribution in [0.15, 0.2) is 12.2 Å². The summed E-state index contributed by atoms with van der Waals surface area (Å²) >= 11 is 0. The summed E-state index contributed by atoms with van der Waals surface area (Å²) in [5, 5.41) is 0. The van der Waals surface area contributed by atoms with Crippen molar-refractivity contribution in [2.45, 2.75) is 33.1 Å². The van der Waals surface area contributed by atoms with Crippen molar-refractivity contribution in [3.63, 3.8) is 0 Å². The summed E-state index contributed by atoms with van der Waals surface area (Å²) in [6.07, 6.45) is 8.74. The SMILES string of the molecule is CCC1C=CCC(C)C1. The van der Waals surface area contributed by atoms with Crippen LogP contribution >= 0.6 is 0 Å². The van der Waals surface area contributed by atoms with Crippen molar-refractivity contribution in [1.29, 1.82) is 0 Å². The average molecular weight is 124 g/mol. The first-order chi connectivity index (χ1) is 4.33. The van der Waals surface area contributed by atoms with Crippen molar-refractivity contribution in [1.82, 2.24) is 0 Å². The van der Waals surface area contributed by atoms with Crippen LogP contribution in [0.4, 0.5) is 0 Å². The van der Waals surface area contributed by atoms with Crippen molar-refractivity contribution < 1.29 is 0 Å². The van der Waals surface area contributed by atoms with E-state index in [9.17, 15) is 0 Å². The summed E-state index contributed by atoms with van der Waals surface area (Å²) in [6, 6.07) is 0. The van der Waals surface area contributed by atoms with Crippen LogP contribution in [-0.2, 0) is 0 Å². The van der Waals surface area contributed by atoms with E-state index in [1.807, 2.05) is 0 Å². The molecule has 0 aliphatic heterocycles. The van der Waals surface area contributed by atoms with Gasteiger partial charge in [0, 0.05) is 0 Å². The topological polar surface area (TPSA) is 0 Å². The third-order valence-electron chi connectivity index (χ3n) is 2.18. The predicted octanol–water partition coefficient (Wildman–Crippen LogP) is 3.00. The predicted molar refractivity (Wildman–Crippen MR) is 41.3 cm³/mol. The van der Waals surface area contributed by atoms with E-state index in [1.165, 1.54) is 19.3 Å². The fourth-order valence-corrected chi connectivity index (χ4v) is 1.50. The molecule has 0 heterocycles. The molecule has 0 aromatic rings. The molecule has 0 amide bonds.